The lowest BCUT2D eigenvalue weighted by atomic mass is 9.85. The van der Waals surface area contributed by atoms with Crippen molar-refractivity contribution in [2.75, 3.05) is 0 Å². The van der Waals surface area contributed by atoms with E-state index in [1.54, 1.807) is 0 Å². The highest BCUT2D eigenvalue weighted by Gasteiger charge is 2.18. The molecule has 0 heterocycles. The van der Waals surface area contributed by atoms with E-state index in [0.717, 1.165) is 0 Å². The molecule has 11 aromatic carbocycles. The summed E-state index contributed by atoms with van der Waals surface area (Å²) in [5.74, 6) is 0. The average Bonchev–Trinajstić information content (AvgIpc) is 3.25. The number of benzene rings is 11. The van der Waals surface area contributed by atoms with Crippen LogP contribution in [0.1, 0.15) is 0 Å². The molecule has 0 radical (unpaired) electrons. The number of fused-ring (bicyclic) bond motifs is 9. The Morgan fingerprint density at radius 2 is 0.574 bits per heavy atom. The van der Waals surface area contributed by atoms with Crippen molar-refractivity contribution in [3.8, 4) is 44.5 Å². The van der Waals surface area contributed by atoms with E-state index in [0.29, 0.717) is 0 Å². The average molecular weight is 683 g/mol. The van der Waals surface area contributed by atoms with Crippen LogP contribution in [-0.2, 0) is 0 Å². The van der Waals surface area contributed by atoms with Gasteiger partial charge < -0.3 is 0 Å². The van der Waals surface area contributed by atoms with E-state index in [1.165, 1.54) is 109 Å². The highest BCUT2D eigenvalue weighted by molar-refractivity contribution is 6.26. The van der Waals surface area contributed by atoms with Gasteiger partial charge in [-0.2, -0.15) is 0 Å². The largest absolute Gasteiger partial charge is 0.0616 e. The SMILES string of the molecule is c1cc(-c2ccc3c4ccccc4c4ccccc4c3c2)cc(-c2c3ccccc3c(-c3ccc(-c4cccc5ccccc45)cc3)c3ccccc23)c1. The normalized spacial score (nSPS) is 11.7. The maximum Gasteiger partial charge on any atom is -0.00262 e. The summed E-state index contributed by atoms with van der Waals surface area (Å²) >= 11 is 0. The monoisotopic (exact) mass is 682 g/mol. The fraction of sp³-hybridized carbons (Fsp3) is 0. The van der Waals surface area contributed by atoms with Gasteiger partial charge in [-0.05, 0) is 121 Å². The molecular weight excluding hydrogens is 649 g/mol. The van der Waals surface area contributed by atoms with Crippen molar-refractivity contribution in [2.24, 2.45) is 0 Å². The molecule has 0 aromatic heterocycles. The maximum absolute atomic E-state index is 2.39. The highest BCUT2D eigenvalue weighted by Crippen LogP contribution is 2.45. The van der Waals surface area contributed by atoms with Gasteiger partial charge in [-0.1, -0.05) is 194 Å². The lowest BCUT2D eigenvalue weighted by Gasteiger charge is -2.18. The van der Waals surface area contributed by atoms with Gasteiger partial charge in [0.05, 0.1) is 0 Å². The Kier molecular flexibility index (Phi) is 6.97. The van der Waals surface area contributed by atoms with Gasteiger partial charge in [0.1, 0.15) is 0 Å². The molecule has 0 saturated heterocycles. The molecule has 0 spiro atoms. The molecule has 0 fully saturated rings. The molecule has 11 rings (SSSR count). The van der Waals surface area contributed by atoms with Gasteiger partial charge in [0.15, 0.2) is 0 Å². The van der Waals surface area contributed by atoms with Gasteiger partial charge in [-0.3, -0.25) is 0 Å². The fourth-order valence-corrected chi connectivity index (χ4v) is 8.99. The third-order valence-corrected chi connectivity index (χ3v) is 11.4. The van der Waals surface area contributed by atoms with E-state index >= 15 is 0 Å². The van der Waals surface area contributed by atoms with Gasteiger partial charge in [-0.25, -0.2) is 0 Å². The maximum atomic E-state index is 2.39. The Balaban J connectivity index is 1.08. The van der Waals surface area contributed by atoms with Crippen LogP contribution in [0.5, 0.6) is 0 Å². The lowest BCUT2D eigenvalue weighted by Crippen LogP contribution is -1.91. The first-order chi connectivity index (χ1) is 26.8. The summed E-state index contributed by atoms with van der Waals surface area (Å²) < 4.78 is 0. The van der Waals surface area contributed by atoms with E-state index in [2.05, 4.69) is 206 Å². The zero-order valence-corrected chi connectivity index (χ0v) is 29.6. The van der Waals surface area contributed by atoms with E-state index in [-0.39, 0.29) is 0 Å². The van der Waals surface area contributed by atoms with Crippen molar-refractivity contribution in [3.63, 3.8) is 0 Å². The molecule has 0 atom stereocenters. The standard InChI is InChI=1S/C54H34/c1-2-17-41-35(13-1)14-12-26-42(41)36-27-29-37(30-28-36)53-48-22-7-9-24-50(48)54(51-25-10-8-23-49(51)53)40-16-11-15-38(33-40)39-31-32-47-45-20-4-3-18-43(45)44-19-5-6-21-46(44)52(47)34-39/h1-34H. The van der Waals surface area contributed by atoms with Crippen LogP contribution in [0, 0.1) is 0 Å². The van der Waals surface area contributed by atoms with Crippen LogP contribution in [0.2, 0.25) is 0 Å². The summed E-state index contributed by atoms with van der Waals surface area (Å²) in [5, 5.41) is 15.4. The van der Waals surface area contributed by atoms with Crippen LogP contribution < -0.4 is 0 Å². The molecule has 0 unspecified atom stereocenters. The molecule has 54 heavy (non-hydrogen) atoms. The number of hydrogen-bond donors (Lipinski definition) is 0. The summed E-state index contributed by atoms with van der Waals surface area (Å²) in [6.45, 7) is 0. The predicted molar refractivity (Wildman–Crippen MR) is 233 cm³/mol. The van der Waals surface area contributed by atoms with Crippen molar-refractivity contribution in [2.45, 2.75) is 0 Å². The van der Waals surface area contributed by atoms with Crippen LogP contribution in [0.25, 0.3) is 109 Å². The minimum atomic E-state index is 1.22. The van der Waals surface area contributed by atoms with Crippen LogP contribution in [0.15, 0.2) is 206 Å². The number of hydrogen-bond acceptors (Lipinski definition) is 0. The Bertz CT molecular complexity index is 3160. The summed E-state index contributed by atoms with van der Waals surface area (Å²) in [7, 11) is 0. The van der Waals surface area contributed by atoms with Crippen LogP contribution in [0.4, 0.5) is 0 Å². The second kappa shape index (κ2) is 12.3. The van der Waals surface area contributed by atoms with E-state index in [4.69, 9.17) is 0 Å². The van der Waals surface area contributed by atoms with Crippen molar-refractivity contribution >= 4 is 64.6 Å². The third-order valence-electron chi connectivity index (χ3n) is 11.4. The van der Waals surface area contributed by atoms with E-state index in [1.807, 2.05) is 0 Å². The van der Waals surface area contributed by atoms with E-state index < -0.39 is 0 Å². The Morgan fingerprint density at radius 1 is 0.185 bits per heavy atom. The van der Waals surface area contributed by atoms with Crippen LogP contribution >= 0.6 is 0 Å². The minimum Gasteiger partial charge on any atom is -0.0616 e. The third kappa shape index (κ3) is 4.78. The summed E-state index contributed by atoms with van der Waals surface area (Å²) in [5.41, 5.74) is 9.93. The van der Waals surface area contributed by atoms with Gasteiger partial charge in [0.2, 0.25) is 0 Å². The minimum absolute atomic E-state index is 1.22. The summed E-state index contributed by atoms with van der Waals surface area (Å²) in [6.07, 6.45) is 0. The Labute approximate surface area is 314 Å². The van der Waals surface area contributed by atoms with Crippen LogP contribution in [-0.4, -0.2) is 0 Å². The first-order valence-electron chi connectivity index (χ1n) is 18.8. The second-order valence-electron chi connectivity index (χ2n) is 14.4. The van der Waals surface area contributed by atoms with Crippen molar-refractivity contribution < 1.29 is 0 Å². The van der Waals surface area contributed by atoms with Crippen molar-refractivity contribution in [1.82, 2.24) is 0 Å². The molecule has 0 aliphatic carbocycles. The molecule has 0 aliphatic rings. The van der Waals surface area contributed by atoms with Crippen molar-refractivity contribution in [1.29, 1.82) is 0 Å². The Morgan fingerprint density at radius 3 is 1.19 bits per heavy atom. The second-order valence-corrected chi connectivity index (χ2v) is 14.4. The van der Waals surface area contributed by atoms with Gasteiger partial charge in [0, 0.05) is 0 Å². The Hall–Kier alpha value is -7.02. The molecule has 0 saturated carbocycles. The van der Waals surface area contributed by atoms with Crippen LogP contribution in [0.3, 0.4) is 0 Å². The topological polar surface area (TPSA) is 0 Å². The molecule has 0 aliphatic heterocycles. The number of rotatable bonds is 4. The quantitative estimate of drug-likeness (QED) is 0.128. The van der Waals surface area contributed by atoms with Gasteiger partial charge in [0.25, 0.3) is 0 Å². The molecule has 0 heteroatoms. The van der Waals surface area contributed by atoms with Gasteiger partial charge >= 0.3 is 0 Å². The van der Waals surface area contributed by atoms with E-state index in [9.17, 15) is 0 Å². The zero-order chi connectivity index (χ0) is 35.6. The zero-order valence-electron chi connectivity index (χ0n) is 29.6. The molecule has 0 nitrogen and oxygen atoms in total. The summed E-state index contributed by atoms with van der Waals surface area (Å²) in [4.78, 5) is 0. The summed E-state index contributed by atoms with van der Waals surface area (Å²) in [6, 6.07) is 76.0. The first kappa shape index (κ1) is 30.6. The smallest absolute Gasteiger partial charge is 0.00262 e. The first-order valence-corrected chi connectivity index (χ1v) is 18.8. The predicted octanol–water partition coefficient (Wildman–Crippen LogP) is 15.3. The van der Waals surface area contributed by atoms with Crippen molar-refractivity contribution in [3.05, 3.63) is 206 Å². The molecule has 0 N–H and O–H groups in total. The molecule has 0 amide bonds. The molecule has 11 aromatic rings. The van der Waals surface area contributed by atoms with Gasteiger partial charge in [-0.15, -0.1) is 0 Å². The molecular formula is C54H34. The fourth-order valence-electron chi connectivity index (χ4n) is 8.99. The lowest BCUT2D eigenvalue weighted by molar-refractivity contribution is 1.62. The highest BCUT2D eigenvalue weighted by atomic mass is 14.2. The molecule has 0 bridgehead atoms. The molecule has 250 valence electrons.